The monoisotopic (exact) mass is 444 g/mol. The Bertz CT molecular complexity index is 925. The fourth-order valence-electron chi connectivity index (χ4n) is 3.16. The summed E-state index contributed by atoms with van der Waals surface area (Å²) in [6.45, 7) is 2.50. The maximum atomic E-state index is 13.1. The van der Waals surface area contributed by atoms with Gasteiger partial charge in [-0.2, -0.15) is 4.31 Å². The summed E-state index contributed by atoms with van der Waals surface area (Å²) in [5, 5.41) is 1.23. The number of nitrogens with zero attached hydrogens (tertiary/aromatic N) is 2. The molecule has 1 fully saturated rings. The highest BCUT2D eigenvalue weighted by atomic mass is 35.5. The second kappa shape index (κ2) is 8.88. The number of ether oxygens (including phenoxy) is 2. The lowest BCUT2D eigenvalue weighted by molar-refractivity contribution is 0.181. The Morgan fingerprint density at radius 3 is 2.18 bits per heavy atom. The third-order valence-corrected chi connectivity index (χ3v) is 7.41. The molecule has 0 N–H and O–H groups in total. The van der Waals surface area contributed by atoms with Crippen LogP contribution in [0.25, 0.3) is 0 Å². The quantitative estimate of drug-likeness (QED) is 0.681. The molecule has 1 aliphatic heterocycles. The van der Waals surface area contributed by atoms with Crippen molar-refractivity contribution in [2.75, 3.05) is 40.4 Å². The zero-order chi connectivity index (χ0) is 20.3. The van der Waals surface area contributed by atoms with Crippen molar-refractivity contribution in [1.82, 2.24) is 9.21 Å². The molecule has 1 saturated heterocycles. The van der Waals surface area contributed by atoms with Gasteiger partial charge in [0.25, 0.3) is 0 Å². The average Bonchev–Trinajstić information content (AvgIpc) is 2.70. The van der Waals surface area contributed by atoms with Gasteiger partial charge in [-0.3, -0.25) is 4.90 Å². The molecule has 28 heavy (non-hydrogen) atoms. The summed E-state index contributed by atoms with van der Waals surface area (Å²) in [4.78, 5) is 2.28. The first-order valence-corrected chi connectivity index (χ1v) is 10.9. The van der Waals surface area contributed by atoms with Gasteiger partial charge in [-0.05, 0) is 24.3 Å². The molecule has 6 nitrogen and oxygen atoms in total. The second-order valence-corrected chi connectivity index (χ2v) is 9.12. The number of hydrogen-bond acceptors (Lipinski definition) is 5. The molecule has 1 heterocycles. The van der Waals surface area contributed by atoms with E-state index in [2.05, 4.69) is 4.90 Å². The number of piperazine rings is 1. The van der Waals surface area contributed by atoms with Gasteiger partial charge in [0.05, 0.1) is 14.2 Å². The summed E-state index contributed by atoms with van der Waals surface area (Å²) in [6.07, 6.45) is 0. The van der Waals surface area contributed by atoms with Crippen molar-refractivity contribution >= 4 is 33.2 Å². The molecule has 152 valence electrons. The summed E-state index contributed by atoms with van der Waals surface area (Å²) < 4.78 is 38.1. The first-order chi connectivity index (χ1) is 13.4. The lowest BCUT2D eigenvalue weighted by Gasteiger charge is -2.34. The highest BCUT2D eigenvalue weighted by Gasteiger charge is 2.31. The number of methoxy groups -OCH3 is 2. The Morgan fingerprint density at radius 2 is 1.61 bits per heavy atom. The Labute approximate surface area is 175 Å². The molecule has 3 rings (SSSR count). The van der Waals surface area contributed by atoms with Gasteiger partial charge in [0.15, 0.2) is 0 Å². The van der Waals surface area contributed by atoms with Crippen LogP contribution in [0.4, 0.5) is 0 Å². The molecule has 1 aliphatic rings. The van der Waals surface area contributed by atoms with Gasteiger partial charge in [-0.1, -0.05) is 29.3 Å². The van der Waals surface area contributed by atoms with Crippen LogP contribution in [0.15, 0.2) is 41.3 Å². The van der Waals surface area contributed by atoms with Crippen molar-refractivity contribution in [3.63, 3.8) is 0 Å². The molecular weight excluding hydrogens is 423 g/mol. The van der Waals surface area contributed by atoms with Crippen LogP contribution in [-0.2, 0) is 16.6 Å². The minimum atomic E-state index is -3.67. The van der Waals surface area contributed by atoms with Crippen molar-refractivity contribution in [1.29, 1.82) is 0 Å². The van der Waals surface area contributed by atoms with Crippen LogP contribution in [0, 0.1) is 0 Å². The van der Waals surface area contributed by atoms with E-state index in [1.807, 2.05) is 0 Å². The van der Waals surface area contributed by atoms with E-state index in [0.717, 1.165) is 5.56 Å². The maximum absolute atomic E-state index is 13.1. The molecule has 0 amide bonds. The Balaban J connectivity index is 1.72. The lowest BCUT2D eigenvalue weighted by atomic mass is 10.2. The zero-order valence-corrected chi connectivity index (χ0v) is 18.0. The van der Waals surface area contributed by atoms with Crippen molar-refractivity contribution in [3.05, 3.63) is 52.0 Å². The molecule has 0 radical (unpaired) electrons. The van der Waals surface area contributed by atoms with E-state index >= 15 is 0 Å². The third-order valence-electron chi connectivity index (χ3n) is 4.76. The predicted molar refractivity (Wildman–Crippen MR) is 110 cm³/mol. The van der Waals surface area contributed by atoms with Crippen LogP contribution < -0.4 is 9.47 Å². The molecule has 9 heteroatoms. The number of hydrogen-bond donors (Lipinski definition) is 0. The Hall–Kier alpha value is -1.51. The molecule has 0 spiro atoms. The van der Waals surface area contributed by atoms with Crippen LogP contribution in [-0.4, -0.2) is 58.0 Å². The number of benzene rings is 2. The van der Waals surface area contributed by atoms with Crippen LogP contribution in [0.3, 0.4) is 0 Å². The van der Waals surface area contributed by atoms with Gasteiger partial charge in [-0.25, -0.2) is 8.42 Å². The summed E-state index contributed by atoms with van der Waals surface area (Å²) in [5.41, 5.74) is 0.860. The summed E-state index contributed by atoms with van der Waals surface area (Å²) in [6, 6.07) is 10.1. The number of halogens is 2. The summed E-state index contributed by atoms with van der Waals surface area (Å²) in [7, 11) is -0.704. The normalized spacial score (nSPS) is 16.1. The predicted octanol–water partition coefficient (Wildman–Crippen LogP) is 3.52. The van der Waals surface area contributed by atoms with Gasteiger partial charge < -0.3 is 9.47 Å². The van der Waals surface area contributed by atoms with E-state index in [1.165, 1.54) is 24.6 Å². The number of rotatable bonds is 6. The lowest BCUT2D eigenvalue weighted by Crippen LogP contribution is -2.48. The molecule has 0 aliphatic carbocycles. The topological polar surface area (TPSA) is 59.1 Å². The van der Waals surface area contributed by atoms with Gasteiger partial charge >= 0.3 is 0 Å². The second-order valence-electron chi connectivity index (χ2n) is 6.40. The van der Waals surface area contributed by atoms with Crippen LogP contribution in [0.5, 0.6) is 11.5 Å². The molecule has 0 aromatic heterocycles. The molecule has 0 bridgehead atoms. The third kappa shape index (κ3) is 4.39. The van der Waals surface area contributed by atoms with Gasteiger partial charge in [0.1, 0.15) is 16.4 Å². The summed E-state index contributed by atoms with van der Waals surface area (Å²) in [5.74, 6) is 0.807. The zero-order valence-electron chi connectivity index (χ0n) is 15.7. The fraction of sp³-hybridized carbons (Fsp3) is 0.368. The maximum Gasteiger partial charge on any atom is 0.246 e. The van der Waals surface area contributed by atoms with E-state index in [9.17, 15) is 8.42 Å². The van der Waals surface area contributed by atoms with E-state index < -0.39 is 10.0 Å². The van der Waals surface area contributed by atoms with Crippen LogP contribution >= 0.6 is 23.2 Å². The van der Waals surface area contributed by atoms with E-state index in [0.29, 0.717) is 48.5 Å². The minimum Gasteiger partial charge on any atom is -0.497 e. The highest BCUT2D eigenvalue weighted by molar-refractivity contribution is 7.89. The summed E-state index contributed by atoms with van der Waals surface area (Å²) >= 11 is 12.5. The van der Waals surface area contributed by atoms with Crippen molar-refractivity contribution < 1.29 is 17.9 Å². The number of sulfonamides is 1. The first kappa shape index (κ1) is 21.2. The molecular formula is C19H22Cl2N2O4S. The molecule has 0 saturated carbocycles. The first-order valence-electron chi connectivity index (χ1n) is 8.74. The minimum absolute atomic E-state index is 0.137. The van der Waals surface area contributed by atoms with Gasteiger partial charge in [-0.15, -0.1) is 0 Å². The van der Waals surface area contributed by atoms with Crippen LogP contribution in [0.2, 0.25) is 10.0 Å². The average molecular weight is 445 g/mol. The Morgan fingerprint density at radius 1 is 0.964 bits per heavy atom. The standard InChI is InChI=1S/C19H22Cl2N2O4S/c1-26-14-6-7-19(18(12-14)27-2)28(24,25)23-10-8-22(9-11-23)13-15-16(20)4-3-5-17(15)21/h3-7,12H,8-11,13H2,1-2H3. The smallest absolute Gasteiger partial charge is 0.246 e. The molecule has 0 atom stereocenters. The Kier molecular flexibility index (Phi) is 6.73. The van der Waals surface area contributed by atoms with Crippen LogP contribution in [0.1, 0.15) is 5.56 Å². The van der Waals surface area contributed by atoms with Crippen molar-refractivity contribution in [3.8, 4) is 11.5 Å². The van der Waals surface area contributed by atoms with E-state index in [4.69, 9.17) is 32.7 Å². The van der Waals surface area contributed by atoms with Crippen molar-refractivity contribution in [2.24, 2.45) is 0 Å². The highest BCUT2D eigenvalue weighted by Crippen LogP contribution is 2.31. The molecule has 2 aromatic carbocycles. The van der Waals surface area contributed by atoms with Gasteiger partial charge in [0, 0.05) is 54.4 Å². The largest absolute Gasteiger partial charge is 0.497 e. The van der Waals surface area contributed by atoms with E-state index in [-0.39, 0.29) is 10.6 Å². The van der Waals surface area contributed by atoms with Gasteiger partial charge in [0.2, 0.25) is 10.0 Å². The SMILES string of the molecule is COc1ccc(S(=O)(=O)N2CCN(Cc3c(Cl)cccc3Cl)CC2)c(OC)c1. The molecule has 0 unspecified atom stereocenters. The van der Waals surface area contributed by atoms with E-state index in [1.54, 1.807) is 30.3 Å². The van der Waals surface area contributed by atoms with Crippen molar-refractivity contribution in [2.45, 2.75) is 11.4 Å². The fourth-order valence-corrected chi connectivity index (χ4v) is 5.24. The molecule has 2 aromatic rings.